The van der Waals surface area contributed by atoms with Crippen LogP contribution in [-0.2, 0) is 16.0 Å². The number of hydrogen-bond acceptors (Lipinski definition) is 4. The highest BCUT2D eigenvalue weighted by atomic mass is 32.2. The lowest BCUT2D eigenvalue weighted by molar-refractivity contribution is -0.131. The third-order valence-corrected chi connectivity index (χ3v) is 3.52. The van der Waals surface area contributed by atoms with E-state index in [1.54, 1.807) is 0 Å². The molecule has 1 fully saturated rings. The predicted molar refractivity (Wildman–Crippen MR) is 69.3 cm³/mol. The Balaban J connectivity index is 1.94. The van der Waals surface area contributed by atoms with Gasteiger partial charge in [-0.2, -0.15) is 0 Å². The highest BCUT2D eigenvalue weighted by Crippen LogP contribution is 2.18. The molecule has 0 bridgehead atoms. The van der Waals surface area contributed by atoms with Gasteiger partial charge in [-0.05, 0) is 5.56 Å². The summed E-state index contributed by atoms with van der Waals surface area (Å²) in [7, 11) is 0. The van der Waals surface area contributed by atoms with Gasteiger partial charge in [0.15, 0.2) is 5.78 Å². The van der Waals surface area contributed by atoms with Crippen LogP contribution in [0.3, 0.4) is 0 Å². The van der Waals surface area contributed by atoms with Crippen molar-refractivity contribution < 1.29 is 14.4 Å². The highest BCUT2D eigenvalue weighted by Gasteiger charge is 2.28. The van der Waals surface area contributed by atoms with Crippen LogP contribution in [0.15, 0.2) is 30.3 Å². The smallest absolute Gasteiger partial charge is 0.288 e. The van der Waals surface area contributed by atoms with Gasteiger partial charge in [-0.15, -0.1) is 0 Å². The van der Waals surface area contributed by atoms with Gasteiger partial charge in [-0.25, -0.2) is 0 Å². The summed E-state index contributed by atoms with van der Waals surface area (Å²) in [6.07, 6.45) is 0.581. The fraction of sp³-hybridized carbons (Fsp3) is 0.308. The Kier molecular flexibility index (Phi) is 4.15. The first-order valence-electron chi connectivity index (χ1n) is 5.69. The number of hydrogen-bond donors (Lipinski definition) is 0. The molecule has 2 amide bonds. The molecule has 0 unspecified atom stereocenters. The molecule has 1 aliphatic heterocycles. The van der Waals surface area contributed by atoms with E-state index in [1.807, 2.05) is 30.3 Å². The van der Waals surface area contributed by atoms with Gasteiger partial charge in [-0.1, -0.05) is 42.1 Å². The van der Waals surface area contributed by atoms with Crippen LogP contribution in [0.2, 0.25) is 0 Å². The molecule has 0 aliphatic carbocycles. The van der Waals surface area contributed by atoms with Crippen molar-refractivity contribution in [2.75, 3.05) is 12.3 Å². The largest absolute Gasteiger partial charge is 0.297 e. The summed E-state index contributed by atoms with van der Waals surface area (Å²) in [6, 6.07) is 9.30. The van der Waals surface area contributed by atoms with Crippen LogP contribution < -0.4 is 0 Å². The zero-order valence-corrected chi connectivity index (χ0v) is 10.6. The first kappa shape index (κ1) is 12.8. The molecule has 0 spiro atoms. The summed E-state index contributed by atoms with van der Waals surface area (Å²) >= 11 is 1.09. The van der Waals surface area contributed by atoms with Gasteiger partial charge in [0.2, 0.25) is 5.91 Å². The van der Waals surface area contributed by atoms with Gasteiger partial charge in [0, 0.05) is 18.6 Å². The van der Waals surface area contributed by atoms with E-state index in [9.17, 15) is 14.4 Å². The van der Waals surface area contributed by atoms with Crippen LogP contribution >= 0.6 is 11.8 Å². The molecule has 0 radical (unpaired) electrons. The maximum atomic E-state index is 11.8. The summed E-state index contributed by atoms with van der Waals surface area (Å²) in [6.45, 7) is -0.112. The molecule has 0 N–H and O–H groups in total. The molecule has 1 aromatic rings. The number of nitrogens with zero attached hydrogens (tertiary/aromatic N) is 1. The quantitative estimate of drug-likeness (QED) is 0.832. The minimum absolute atomic E-state index is 0.112. The molecule has 0 aromatic heterocycles. The number of carbonyl (C=O) groups excluding carboxylic acids is 3. The Morgan fingerprint density at radius 2 is 1.94 bits per heavy atom. The molecule has 5 heteroatoms. The van der Waals surface area contributed by atoms with Crippen molar-refractivity contribution in [2.45, 2.75) is 12.8 Å². The Morgan fingerprint density at radius 1 is 1.22 bits per heavy atom. The van der Waals surface area contributed by atoms with Crippen LogP contribution in [0.5, 0.6) is 0 Å². The molecule has 0 atom stereocenters. The lowest BCUT2D eigenvalue weighted by Crippen LogP contribution is -2.41. The minimum Gasteiger partial charge on any atom is -0.297 e. The number of rotatable bonds is 4. The second-order valence-corrected chi connectivity index (χ2v) is 5.09. The Hall–Kier alpha value is -1.62. The third-order valence-electron chi connectivity index (χ3n) is 2.64. The molecule has 0 saturated carbocycles. The monoisotopic (exact) mass is 263 g/mol. The summed E-state index contributed by atoms with van der Waals surface area (Å²) in [5.74, 6) is 0.145. The number of Topliss-reactive ketones (excluding diaryl/α,β-unsaturated/α-hetero) is 1. The lowest BCUT2D eigenvalue weighted by atomic mass is 10.1. The summed E-state index contributed by atoms with van der Waals surface area (Å²) in [4.78, 5) is 35.9. The van der Waals surface area contributed by atoms with Crippen LogP contribution in [0.25, 0.3) is 0 Å². The molecule has 94 valence electrons. The second kappa shape index (κ2) is 5.82. The van der Waals surface area contributed by atoms with E-state index in [0.717, 1.165) is 22.2 Å². The van der Waals surface area contributed by atoms with Crippen molar-refractivity contribution >= 4 is 28.7 Å². The zero-order chi connectivity index (χ0) is 13.0. The molecular weight excluding hydrogens is 250 g/mol. The molecule has 1 aliphatic rings. The molecule has 1 saturated heterocycles. The molecule has 18 heavy (non-hydrogen) atoms. The average molecular weight is 263 g/mol. The van der Waals surface area contributed by atoms with Crippen LogP contribution in [-0.4, -0.2) is 34.1 Å². The second-order valence-electron chi connectivity index (χ2n) is 4.05. The molecule has 1 aromatic carbocycles. The number of carbonyl (C=O) groups is 3. The normalized spacial score (nSPS) is 15.9. The van der Waals surface area contributed by atoms with Crippen molar-refractivity contribution in [1.29, 1.82) is 0 Å². The standard InChI is InChI=1S/C13H13NO3S/c15-11(8-10-4-2-1-3-5-10)9-14-12(16)6-7-18-13(14)17/h1-5H,6-9H2. The number of ketones is 1. The van der Waals surface area contributed by atoms with Crippen LogP contribution in [0, 0.1) is 0 Å². The first-order valence-corrected chi connectivity index (χ1v) is 6.68. The maximum absolute atomic E-state index is 11.8. The van der Waals surface area contributed by atoms with Crippen molar-refractivity contribution in [1.82, 2.24) is 4.90 Å². The maximum Gasteiger partial charge on any atom is 0.288 e. The number of imide groups is 1. The molecule has 1 heterocycles. The first-order chi connectivity index (χ1) is 8.66. The number of thioether (sulfide) groups is 1. The Labute approximate surface area is 109 Å². The highest BCUT2D eigenvalue weighted by molar-refractivity contribution is 8.13. The van der Waals surface area contributed by atoms with E-state index >= 15 is 0 Å². The zero-order valence-electron chi connectivity index (χ0n) is 9.80. The van der Waals surface area contributed by atoms with Crippen molar-refractivity contribution in [3.05, 3.63) is 35.9 Å². The SMILES string of the molecule is O=C(Cc1ccccc1)CN1C(=O)CCSC1=O. The van der Waals surface area contributed by atoms with Gasteiger partial charge in [-0.3, -0.25) is 19.3 Å². The summed E-state index contributed by atoms with van der Waals surface area (Å²) < 4.78 is 0. The van der Waals surface area contributed by atoms with Crippen molar-refractivity contribution in [3.8, 4) is 0 Å². The van der Waals surface area contributed by atoms with E-state index in [1.165, 1.54) is 0 Å². The van der Waals surface area contributed by atoms with Gasteiger partial charge < -0.3 is 0 Å². The van der Waals surface area contributed by atoms with Crippen molar-refractivity contribution in [2.24, 2.45) is 0 Å². The Bertz CT molecular complexity index is 456. The minimum atomic E-state index is -0.312. The van der Waals surface area contributed by atoms with Crippen LogP contribution in [0.4, 0.5) is 4.79 Å². The van der Waals surface area contributed by atoms with Gasteiger partial charge in [0.05, 0.1) is 6.54 Å². The Morgan fingerprint density at radius 3 is 2.61 bits per heavy atom. The third kappa shape index (κ3) is 3.20. The van der Waals surface area contributed by atoms with E-state index < -0.39 is 0 Å². The van der Waals surface area contributed by atoms with E-state index in [4.69, 9.17) is 0 Å². The fourth-order valence-corrected chi connectivity index (χ4v) is 2.52. The summed E-state index contributed by atoms with van der Waals surface area (Å²) in [5.41, 5.74) is 0.895. The van der Waals surface area contributed by atoms with E-state index in [-0.39, 0.29) is 29.9 Å². The molecule has 4 nitrogen and oxygen atoms in total. The predicted octanol–water partition coefficient (Wildman–Crippen LogP) is 1.88. The average Bonchev–Trinajstić information content (AvgIpc) is 2.35. The van der Waals surface area contributed by atoms with Gasteiger partial charge >= 0.3 is 0 Å². The van der Waals surface area contributed by atoms with E-state index in [2.05, 4.69) is 0 Å². The van der Waals surface area contributed by atoms with Crippen molar-refractivity contribution in [3.63, 3.8) is 0 Å². The van der Waals surface area contributed by atoms with Crippen LogP contribution in [0.1, 0.15) is 12.0 Å². The topological polar surface area (TPSA) is 54.5 Å². The van der Waals surface area contributed by atoms with Gasteiger partial charge in [0.25, 0.3) is 5.24 Å². The number of benzene rings is 1. The fourth-order valence-electron chi connectivity index (χ4n) is 1.75. The lowest BCUT2D eigenvalue weighted by Gasteiger charge is -2.23. The van der Waals surface area contributed by atoms with Gasteiger partial charge in [0.1, 0.15) is 0 Å². The molecule has 2 rings (SSSR count). The summed E-state index contributed by atoms with van der Waals surface area (Å²) in [5, 5.41) is -0.312. The van der Waals surface area contributed by atoms with E-state index in [0.29, 0.717) is 12.2 Å². The number of amides is 2. The molecular formula is C13H13NO3S.